The number of rotatable bonds is 6. The van der Waals surface area contributed by atoms with Gasteiger partial charge in [0.05, 0.1) is 13.2 Å². The van der Waals surface area contributed by atoms with Gasteiger partial charge in [-0.15, -0.1) is 0 Å². The fourth-order valence-electron chi connectivity index (χ4n) is 1.96. The Kier molecular flexibility index (Phi) is 4.49. The summed E-state index contributed by atoms with van der Waals surface area (Å²) in [4.78, 5) is 7.04. The van der Waals surface area contributed by atoms with E-state index in [-0.39, 0.29) is 10.6 Å². The number of hydrogen-bond donors (Lipinski definition) is 3. The Bertz CT molecular complexity index is 698. The Labute approximate surface area is 123 Å². The average molecular weight is 310 g/mol. The van der Waals surface area contributed by atoms with Crippen LogP contribution in [-0.4, -0.2) is 25.5 Å². The number of ether oxygens (including phenoxy) is 1. The Morgan fingerprint density at radius 1 is 1.48 bits per heavy atom. The molecule has 1 aromatic heterocycles. The van der Waals surface area contributed by atoms with Crippen LogP contribution >= 0.6 is 0 Å². The number of aromatic nitrogens is 2. The quantitative estimate of drug-likeness (QED) is 0.699. The molecule has 0 spiro atoms. The van der Waals surface area contributed by atoms with E-state index in [0.717, 1.165) is 0 Å². The maximum Gasteiger partial charge on any atom is 0.244 e. The monoisotopic (exact) mass is 310 g/mol. The lowest BCUT2D eigenvalue weighted by atomic mass is 10.2. The van der Waals surface area contributed by atoms with E-state index in [0.29, 0.717) is 17.9 Å². The van der Waals surface area contributed by atoms with Crippen LogP contribution in [0.4, 0.5) is 5.69 Å². The predicted molar refractivity (Wildman–Crippen MR) is 79.3 cm³/mol. The number of methoxy groups -OCH3 is 1. The van der Waals surface area contributed by atoms with Gasteiger partial charge in [-0.05, 0) is 18.6 Å². The molecule has 1 aromatic carbocycles. The van der Waals surface area contributed by atoms with Crippen molar-refractivity contribution in [3.63, 3.8) is 0 Å². The zero-order valence-electron chi connectivity index (χ0n) is 11.8. The third-order valence-corrected chi connectivity index (χ3v) is 4.54. The van der Waals surface area contributed by atoms with Crippen LogP contribution in [0.2, 0.25) is 0 Å². The number of nitrogens with zero attached hydrogens (tertiary/aromatic N) is 1. The highest BCUT2D eigenvalue weighted by molar-refractivity contribution is 7.89. The Morgan fingerprint density at radius 3 is 2.81 bits per heavy atom. The number of aromatic amines is 1. The minimum Gasteiger partial charge on any atom is -0.495 e. The first-order chi connectivity index (χ1) is 9.97. The Balaban J connectivity index is 2.34. The summed E-state index contributed by atoms with van der Waals surface area (Å²) in [7, 11) is -2.35. The topological polar surface area (TPSA) is 110 Å². The highest BCUT2D eigenvalue weighted by Gasteiger charge is 2.24. The standard InChI is InChI=1S/C13H18N4O3S/c1-3-10(13-15-6-7-16-13)17-21(18,19)12-5-4-9(14)8-11(12)20-2/h4-8,10,17H,3,14H2,1-2H3,(H,15,16). The second-order valence-electron chi connectivity index (χ2n) is 4.47. The molecule has 0 saturated heterocycles. The first-order valence-corrected chi connectivity index (χ1v) is 7.91. The van der Waals surface area contributed by atoms with Crippen molar-refractivity contribution in [2.75, 3.05) is 12.8 Å². The number of nitrogen functional groups attached to an aromatic ring is 1. The van der Waals surface area contributed by atoms with Gasteiger partial charge in [-0.1, -0.05) is 6.92 Å². The molecule has 2 rings (SSSR count). The minimum absolute atomic E-state index is 0.0456. The van der Waals surface area contributed by atoms with Crippen LogP contribution < -0.4 is 15.2 Å². The molecule has 0 saturated carbocycles. The number of anilines is 1. The van der Waals surface area contributed by atoms with E-state index in [4.69, 9.17) is 10.5 Å². The summed E-state index contributed by atoms with van der Waals surface area (Å²) in [6, 6.07) is 3.98. The fourth-order valence-corrected chi connectivity index (χ4v) is 3.39. The molecule has 7 nitrogen and oxygen atoms in total. The third-order valence-electron chi connectivity index (χ3n) is 3.03. The number of hydrogen-bond acceptors (Lipinski definition) is 5. The molecule has 21 heavy (non-hydrogen) atoms. The van der Waals surface area contributed by atoms with Crippen LogP contribution in [0.25, 0.3) is 0 Å². The van der Waals surface area contributed by atoms with E-state index >= 15 is 0 Å². The summed E-state index contributed by atoms with van der Waals surface area (Å²) in [6.45, 7) is 1.87. The van der Waals surface area contributed by atoms with E-state index in [1.807, 2.05) is 6.92 Å². The summed E-state index contributed by atoms with van der Waals surface area (Å²) < 4.78 is 32.7. The highest BCUT2D eigenvalue weighted by Crippen LogP contribution is 2.27. The highest BCUT2D eigenvalue weighted by atomic mass is 32.2. The lowest BCUT2D eigenvalue weighted by Crippen LogP contribution is -2.29. The Hall–Kier alpha value is -2.06. The normalized spacial score (nSPS) is 13.0. The van der Waals surface area contributed by atoms with Crippen LogP contribution in [0.3, 0.4) is 0 Å². The van der Waals surface area contributed by atoms with Crippen molar-refractivity contribution >= 4 is 15.7 Å². The van der Waals surface area contributed by atoms with Gasteiger partial charge < -0.3 is 15.5 Å². The van der Waals surface area contributed by atoms with E-state index in [1.54, 1.807) is 12.4 Å². The number of H-pyrrole nitrogens is 1. The van der Waals surface area contributed by atoms with Gasteiger partial charge in [0, 0.05) is 24.1 Å². The van der Waals surface area contributed by atoms with Gasteiger partial charge in [0.2, 0.25) is 10.0 Å². The molecule has 0 amide bonds. The number of imidazole rings is 1. The predicted octanol–water partition coefficient (Wildman–Crippen LogP) is 1.43. The lowest BCUT2D eigenvalue weighted by Gasteiger charge is -2.16. The zero-order chi connectivity index (χ0) is 15.5. The second kappa shape index (κ2) is 6.15. The van der Waals surface area contributed by atoms with Crippen LogP contribution in [0.1, 0.15) is 25.2 Å². The molecule has 2 aromatic rings. The lowest BCUT2D eigenvalue weighted by molar-refractivity contribution is 0.402. The smallest absolute Gasteiger partial charge is 0.244 e. The first-order valence-electron chi connectivity index (χ1n) is 6.43. The molecule has 4 N–H and O–H groups in total. The van der Waals surface area contributed by atoms with Crippen molar-refractivity contribution in [3.8, 4) is 5.75 Å². The van der Waals surface area contributed by atoms with Crippen molar-refractivity contribution in [1.29, 1.82) is 0 Å². The summed E-state index contributed by atoms with van der Waals surface area (Å²) in [5.41, 5.74) is 6.07. The third kappa shape index (κ3) is 3.34. The molecule has 0 aliphatic rings. The molecule has 0 radical (unpaired) electrons. The van der Waals surface area contributed by atoms with Gasteiger partial charge in [-0.3, -0.25) is 0 Å². The molecule has 1 atom stereocenters. The SMILES string of the molecule is CCC(NS(=O)(=O)c1ccc(N)cc1OC)c1ncc[nH]1. The molecule has 1 unspecified atom stereocenters. The van der Waals surface area contributed by atoms with Crippen molar-refractivity contribution < 1.29 is 13.2 Å². The molecule has 1 heterocycles. The van der Waals surface area contributed by atoms with Gasteiger partial charge >= 0.3 is 0 Å². The van der Waals surface area contributed by atoms with Crippen LogP contribution in [0.15, 0.2) is 35.5 Å². The molecule has 0 fully saturated rings. The van der Waals surface area contributed by atoms with Gasteiger partial charge in [-0.2, -0.15) is 0 Å². The number of benzene rings is 1. The minimum atomic E-state index is -3.75. The van der Waals surface area contributed by atoms with Crippen LogP contribution in [0, 0.1) is 0 Å². The number of nitrogens with two attached hydrogens (primary N) is 1. The van der Waals surface area contributed by atoms with Crippen molar-refractivity contribution in [1.82, 2.24) is 14.7 Å². The number of nitrogens with one attached hydrogen (secondary N) is 2. The summed E-state index contributed by atoms with van der Waals surface area (Å²) in [6.07, 6.45) is 3.79. The molecule has 0 aliphatic carbocycles. The summed E-state index contributed by atoms with van der Waals surface area (Å²) in [5.74, 6) is 0.771. The zero-order valence-corrected chi connectivity index (χ0v) is 12.6. The largest absolute Gasteiger partial charge is 0.495 e. The molecule has 0 bridgehead atoms. The van der Waals surface area contributed by atoms with E-state index in [1.165, 1.54) is 25.3 Å². The van der Waals surface area contributed by atoms with Crippen molar-refractivity contribution in [2.24, 2.45) is 0 Å². The van der Waals surface area contributed by atoms with Crippen molar-refractivity contribution in [2.45, 2.75) is 24.3 Å². The summed E-state index contributed by atoms with van der Waals surface area (Å²) in [5, 5.41) is 0. The van der Waals surface area contributed by atoms with E-state index in [9.17, 15) is 8.42 Å². The molecule has 0 aliphatic heterocycles. The Morgan fingerprint density at radius 2 is 2.24 bits per heavy atom. The summed E-state index contributed by atoms with van der Waals surface area (Å²) >= 11 is 0. The van der Waals surface area contributed by atoms with Gasteiger partial charge in [-0.25, -0.2) is 18.1 Å². The average Bonchev–Trinajstić information content (AvgIpc) is 2.98. The molecular formula is C13H18N4O3S. The molecular weight excluding hydrogens is 292 g/mol. The van der Waals surface area contributed by atoms with Crippen LogP contribution in [-0.2, 0) is 10.0 Å². The van der Waals surface area contributed by atoms with Gasteiger partial charge in [0.15, 0.2) is 0 Å². The molecule has 114 valence electrons. The number of sulfonamides is 1. The fraction of sp³-hybridized carbons (Fsp3) is 0.308. The van der Waals surface area contributed by atoms with Gasteiger partial charge in [0.1, 0.15) is 16.5 Å². The van der Waals surface area contributed by atoms with Crippen molar-refractivity contribution in [3.05, 3.63) is 36.4 Å². The first kappa shape index (κ1) is 15.3. The van der Waals surface area contributed by atoms with Gasteiger partial charge in [0.25, 0.3) is 0 Å². The van der Waals surface area contributed by atoms with Crippen LogP contribution in [0.5, 0.6) is 5.75 Å². The maximum absolute atomic E-state index is 12.5. The van der Waals surface area contributed by atoms with E-state index in [2.05, 4.69) is 14.7 Å². The maximum atomic E-state index is 12.5. The van der Waals surface area contributed by atoms with E-state index < -0.39 is 16.1 Å². The second-order valence-corrected chi connectivity index (χ2v) is 6.15. The molecule has 8 heteroatoms.